The second kappa shape index (κ2) is 8.37. The maximum absolute atomic E-state index is 12.6. The van der Waals surface area contributed by atoms with Crippen LogP contribution in [0.2, 0.25) is 0 Å². The van der Waals surface area contributed by atoms with E-state index in [1.165, 1.54) is 0 Å². The van der Waals surface area contributed by atoms with Gasteiger partial charge in [-0.1, -0.05) is 18.2 Å². The molecule has 1 heterocycles. The highest BCUT2D eigenvalue weighted by atomic mass is 16.5. The van der Waals surface area contributed by atoms with Gasteiger partial charge in [0.1, 0.15) is 5.75 Å². The normalized spacial score (nSPS) is 19.7. The number of para-hydroxylation sites is 1. The van der Waals surface area contributed by atoms with E-state index in [4.69, 9.17) is 4.74 Å². The Labute approximate surface area is 149 Å². The molecule has 1 saturated carbocycles. The van der Waals surface area contributed by atoms with Crippen LogP contribution in [-0.4, -0.2) is 43.0 Å². The van der Waals surface area contributed by atoms with Crippen molar-refractivity contribution >= 4 is 11.8 Å². The molecular formula is C20H28N2O3. The first-order valence-electron chi connectivity index (χ1n) is 9.38. The zero-order chi connectivity index (χ0) is 17.6. The van der Waals surface area contributed by atoms with Crippen molar-refractivity contribution in [1.29, 1.82) is 0 Å². The minimum absolute atomic E-state index is 0.155. The molecule has 0 spiro atoms. The fraction of sp³-hybridized carbons (Fsp3) is 0.600. The van der Waals surface area contributed by atoms with Crippen molar-refractivity contribution in [3.05, 3.63) is 29.8 Å². The van der Waals surface area contributed by atoms with E-state index in [9.17, 15) is 9.59 Å². The first kappa shape index (κ1) is 17.8. The monoisotopic (exact) mass is 344 g/mol. The number of rotatable bonds is 8. The predicted molar refractivity (Wildman–Crippen MR) is 96.4 cm³/mol. The van der Waals surface area contributed by atoms with E-state index in [1.54, 1.807) is 7.11 Å². The lowest BCUT2D eigenvalue weighted by Crippen LogP contribution is -2.37. The summed E-state index contributed by atoms with van der Waals surface area (Å²) in [5.74, 6) is 1.49. The molecule has 2 amide bonds. The van der Waals surface area contributed by atoms with E-state index in [0.717, 1.165) is 56.4 Å². The molecule has 2 aliphatic rings. The summed E-state index contributed by atoms with van der Waals surface area (Å²) in [6, 6.07) is 8.29. The Hall–Kier alpha value is -2.04. The Morgan fingerprint density at radius 2 is 2.04 bits per heavy atom. The molecule has 1 aromatic carbocycles. The molecule has 1 aliphatic carbocycles. The number of hydrogen-bond acceptors (Lipinski definition) is 3. The molecule has 0 unspecified atom stereocenters. The molecule has 0 radical (unpaired) electrons. The van der Waals surface area contributed by atoms with Gasteiger partial charge < -0.3 is 15.0 Å². The van der Waals surface area contributed by atoms with E-state index < -0.39 is 0 Å². The number of amides is 2. The fourth-order valence-corrected chi connectivity index (χ4v) is 3.59. The van der Waals surface area contributed by atoms with Crippen LogP contribution < -0.4 is 10.1 Å². The number of ether oxygens (including phenoxy) is 1. The van der Waals surface area contributed by atoms with Crippen LogP contribution in [-0.2, 0) is 16.0 Å². The highest BCUT2D eigenvalue weighted by Gasteiger charge is 2.30. The lowest BCUT2D eigenvalue weighted by molar-refractivity contribution is -0.132. The molecule has 1 aromatic rings. The van der Waals surface area contributed by atoms with Crippen LogP contribution in [0.25, 0.3) is 0 Å². The van der Waals surface area contributed by atoms with Crippen LogP contribution in [0.5, 0.6) is 5.75 Å². The number of likely N-dealkylation sites (tertiary alicyclic amines) is 1. The molecule has 5 heteroatoms. The summed E-state index contributed by atoms with van der Waals surface area (Å²) in [6.45, 7) is 1.44. The van der Waals surface area contributed by atoms with Crippen molar-refractivity contribution in [1.82, 2.24) is 10.2 Å². The van der Waals surface area contributed by atoms with E-state index in [0.29, 0.717) is 13.0 Å². The molecule has 3 rings (SSSR count). The highest BCUT2D eigenvalue weighted by Crippen LogP contribution is 2.29. The van der Waals surface area contributed by atoms with Gasteiger partial charge in [0.05, 0.1) is 7.11 Å². The lowest BCUT2D eigenvalue weighted by Gasteiger charge is -2.25. The number of methoxy groups -OCH3 is 1. The third kappa shape index (κ3) is 4.74. The van der Waals surface area contributed by atoms with Gasteiger partial charge in [-0.2, -0.15) is 0 Å². The Morgan fingerprint density at radius 3 is 2.80 bits per heavy atom. The third-order valence-electron chi connectivity index (χ3n) is 5.16. The van der Waals surface area contributed by atoms with Gasteiger partial charge >= 0.3 is 0 Å². The van der Waals surface area contributed by atoms with E-state index in [1.807, 2.05) is 23.1 Å². The van der Waals surface area contributed by atoms with Gasteiger partial charge in [-0.25, -0.2) is 0 Å². The SMILES string of the molecule is COc1ccccc1C[C@H]1CCCN1C(=O)CCCNC(=O)C1CC1. The van der Waals surface area contributed by atoms with Gasteiger partial charge in [0.2, 0.25) is 11.8 Å². The quantitative estimate of drug-likeness (QED) is 0.737. The molecule has 136 valence electrons. The molecule has 0 aromatic heterocycles. The summed E-state index contributed by atoms with van der Waals surface area (Å²) in [5, 5.41) is 2.93. The van der Waals surface area contributed by atoms with Gasteiger partial charge in [0.15, 0.2) is 0 Å². The minimum atomic E-state index is 0.155. The average Bonchev–Trinajstić information content (AvgIpc) is 3.38. The lowest BCUT2D eigenvalue weighted by atomic mass is 10.0. The van der Waals surface area contributed by atoms with Gasteiger partial charge in [-0.05, 0) is 50.2 Å². The largest absolute Gasteiger partial charge is 0.496 e. The highest BCUT2D eigenvalue weighted by molar-refractivity contribution is 5.81. The molecule has 1 saturated heterocycles. The molecule has 1 atom stereocenters. The Bertz CT molecular complexity index is 613. The Kier molecular flexibility index (Phi) is 5.95. The van der Waals surface area contributed by atoms with Crippen LogP contribution in [0.15, 0.2) is 24.3 Å². The standard InChI is InChI=1S/C20H28N2O3/c1-25-18-8-3-2-6-16(18)14-17-7-5-13-22(17)19(23)9-4-12-21-20(24)15-10-11-15/h2-3,6,8,15,17H,4-5,7,9-14H2,1H3,(H,21,24)/t17-/m1/s1. The second-order valence-electron chi connectivity index (χ2n) is 7.07. The minimum Gasteiger partial charge on any atom is -0.496 e. The average molecular weight is 344 g/mol. The van der Waals surface area contributed by atoms with Crippen molar-refractivity contribution in [3.63, 3.8) is 0 Å². The summed E-state index contributed by atoms with van der Waals surface area (Å²) < 4.78 is 5.43. The smallest absolute Gasteiger partial charge is 0.223 e. The summed E-state index contributed by atoms with van der Waals surface area (Å²) in [7, 11) is 1.69. The number of benzene rings is 1. The van der Waals surface area contributed by atoms with Gasteiger partial charge in [0, 0.05) is 31.5 Å². The molecule has 1 N–H and O–H groups in total. The number of nitrogens with zero attached hydrogens (tertiary/aromatic N) is 1. The zero-order valence-corrected chi connectivity index (χ0v) is 15.0. The summed E-state index contributed by atoms with van der Waals surface area (Å²) in [6.07, 6.45) is 6.20. The third-order valence-corrected chi connectivity index (χ3v) is 5.16. The first-order chi connectivity index (χ1) is 12.2. The van der Waals surface area contributed by atoms with Gasteiger partial charge in [0.25, 0.3) is 0 Å². The van der Waals surface area contributed by atoms with Crippen molar-refractivity contribution in [3.8, 4) is 5.75 Å². The van der Waals surface area contributed by atoms with Crippen LogP contribution in [0.4, 0.5) is 0 Å². The first-order valence-corrected chi connectivity index (χ1v) is 9.38. The molecular weight excluding hydrogens is 316 g/mol. The van der Waals surface area contributed by atoms with E-state index in [-0.39, 0.29) is 23.8 Å². The van der Waals surface area contributed by atoms with Crippen LogP contribution in [0, 0.1) is 5.92 Å². The maximum atomic E-state index is 12.6. The second-order valence-corrected chi connectivity index (χ2v) is 7.07. The zero-order valence-electron chi connectivity index (χ0n) is 15.0. The number of carbonyl (C=O) groups is 2. The van der Waals surface area contributed by atoms with Crippen molar-refractivity contribution < 1.29 is 14.3 Å². The van der Waals surface area contributed by atoms with E-state index in [2.05, 4.69) is 11.4 Å². The van der Waals surface area contributed by atoms with Crippen molar-refractivity contribution in [2.24, 2.45) is 5.92 Å². The van der Waals surface area contributed by atoms with Crippen LogP contribution in [0.3, 0.4) is 0 Å². The van der Waals surface area contributed by atoms with Crippen molar-refractivity contribution in [2.45, 2.75) is 51.0 Å². The number of hydrogen-bond donors (Lipinski definition) is 1. The predicted octanol–water partition coefficient (Wildman–Crippen LogP) is 2.54. The maximum Gasteiger partial charge on any atom is 0.223 e. The number of carbonyl (C=O) groups excluding carboxylic acids is 2. The Balaban J connectivity index is 1.46. The summed E-state index contributed by atoms with van der Waals surface area (Å²) in [4.78, 5) is 26.2. The van der Waals surface area contributed by atoms with Crippen LogP contribution >= 0.6 is 0 Å². The van der Waals surface area contributed by atoms with E-state index >= 15 is 0 Å². The topological polar surface area (TPSA) is 58.6 Å². The molecule has 5 nitrogen and oxygen atoms in total. The van der Waals surface area contributed by atoms with Crippen molar-refractivity contribution in [2.75, 3.05) is 20.2 Å². The molecule has 25 heavy (non-hydrogen) atoms. The Morgan fingerprint density at radius 1 is 1.24 bits per heavy atom. The molecule has 2 fully saturated rings. The summed E-state index contributed by atoms with van der Waals surface area (Å²) >= 11 is 0. The summed E-state index contributed by atoms with van der Waals surface area (Å²) in [5.41, 5.74) is 1.16. The number of nitrogens with one attached hydrogen (secondary N) is 1. The fourth-order valence-electron chi connectivity index (χ4n) is 3.59. The van der Waals surface area contributed by atoms with Gasteiger partial charge in [-0.3, -0.25) is 9.59 Å². The molecule has 1 aliphatic heterocycles. The molecule has 0 bridgehead atoms. The van der Waals surface area contributed by atoms with Gasteiger partial charge in [-0.15, -0.1) is 0 Å². The van der Waals surface area contributed by atoms with Crippen LogP contribution in [0.1, 0.15) is 44.1 Å².